The molecule has 13 nitrogen and oxygen atoms in total. The van der Waals surface area contributed by atoms with Crippen molar-refractivity contribution in [2.45, 2.75) is 50.1 Å². The molecule has 3 aromatic rings. The lowest BCUT2D eigenvalue weighted by Crippen LogP contribution is -2.61. The normalized spacial score (nSPS) is 20.2. The summed E-state index contributed by atoms with van der Waals surface area (Å²) in [6, 6.07) is 12.3. The first-order valence-electron chi connectivity index (χ1n) is 17.3. The number of hydrogen-bond acceptors (Lipinski definition) is 10. The van der Waals surface area contributed by atoms with Crippen LogP contribution < -0.4 is 19.1 Å². The largest absolute Gasteiger partial charge is 0.492 e. The van der Waals surface area contributed by atoms with Crippen molar-refractivity contribution in [1.82, 2.24) is 25.0 Å². The minimum Gasteiger partial charge on any atom is -0.492 e. The molecular formula is C36H42FN7O6S. The van der Waals surface area contributed by atoms with Crippen LogP contribution in [0.25, 0.3) is 0 Å². The lowest BCUT2D eigenvalue weighted by molar-refractivity contribution is -0.121. The van der Waals surface area contributed by atoms with Gasteiger partial charge < -0.3 is 24.6 Å². The summed E-state index contributed by atoms with van der Waals surface area (Å²) in [6.07, 6.45) is 3.53. The quantitative estimate of drug-likeness (QED) is 0.329. The minimum atomic E-state index is -4.81. The summed E-state index contributed by atoms with van der Waals surface area (Å²) in [5, 5.41) is 12.8. The predicted molar refractivity (Wildman–Crippen MR) is 186 cm³/mol. The molecule has 1 unspecified atom stereocenters. The summed E-state index contributed by atoms with van der Waals surface area (Å²) in [6.45, 7) is 10.9. The van der Waals surface area contributed by atoms with Gasteiger partial charge >= 0.3 is 6.03 Å². The van der Waals surface area contributed by atoms with Crippen molar-refractivity contribution in [3.05, 3.63) is 77.2 Å². The number of anilines is 1. The number of ether oxygens (including phenoxy) is 2. The summed E-state index contributed by atoms with van der Waals surface area (Å²) in [5.41, 5.74) is -3.19. The molecule has 4 heterocycles. The van der Waals surface area contributed by atoms with Crippen LogP contribution in [-0.2, 0) is 20.4 Å². The summed E-state index contributed by atoms with van der Waals surface area (Å²) in [7, 11) is -4.81. The zero-order valence-corrected chi connectivity index (χ0v) is 29.8. The number of halogens is 1. The van der Waals surface area contributed by atoms with Gasteiger partial charge in [0.25, 0.3) is 15.9 Å². The lowest BCUT2D eigenvalue weighted by atomic mass is 9.83. The van der Waals surface area contributed by atoms with Gasteiger partial charge in [-0.15, -0.1) is 0 Å². The van der Waals surface area contributed by atoms with Crippen LogP contribution in [0.1, 0.15) is 50.3 Å². The van der Waals surface area contributed by atoms with E-state index in [4.69, 9.17) is 9.47 Å². The summed E-state index contributed by atoms with van der Waals surface area (Å²) < 4.78 is 56.5. The number of nitrogens with zero attached hydrogens (tertiary/aromatic N) is 6. The number of rotatable bonds is 10. The molecule has 2 aromatic carbocycles. The second-order valence-electron chi connectivity index (χ2n) is 12.6. The van der Waals surface area contributed by atoms with E-state index in [2.05, 4.69) is 27.0 Å². The predicted octanol–water partition coefficient (Wildman–Crippen LogP) is 3.68. The van der Waals surface area contributed by atoms with Crippen molar-refractivity contribution in [3.8, 4) is 17.7 Å². The smallest absolute Gasteiger partial charge is 0.318 e. The summed E-state index contributed by atoms with van der Waals surface area (Å²) in [5.74, 6) is -2.22. The highest BCUT2D eigenvalue weighted by molar-refractivity contribution is 7.93. The van der Waals surface area contributed by atoms with Crippen LogP contribution >= 0.6 is 0 Å². The Bertz CT molecular complexity index is 1940. The van der Waals surface area contributed by atoms with E-state index in [0.29, 0.717) is 36.5 Å². The van der Waals surface area contributed by atoms with Crippen molar-refractivity contribution in [1.29, 1.82) is 5.26 Å². The monoisotopic (exact) mass is 719 g/mol. The van der Waals surface area contributed by atoms with Crippen LogP contribution in [0.5, 0.6) is 11.6 Å². The minimum absolute atomic E-state index is 0.0142. The number of nitrogens with one attached hydrogen (secondary N) is 1. The average Bonchev–Trinajstić information content (AvgIpc) is 3.38. The Balaban J connectivity index is 1.45. The van der Waals surface area contributed by atoms with Crippen LogP contribution in [0.15, 0.2) is 59.6 Å². The molecule has 0 bridgehead atoms. The Labute approximate surface area is 297 Å². The molecular weight excluding hydrogens is 678 g/mol. The number of benzene rings is 2. The van der Waals surface area contributed by atoms with Gasteiger partial charge in [-0.1, -0.05) is 19.1 Å². The molecule has 2 fully saturated rings. The van der Waals surface area contributed by atoms with E-state index in [1.807, 2.05) is 0 Å². The molecule has 6 rings (SSSR count). The van der Waals surface area contributed by atoms with Gasteiger partial charge in [-0.05, 0) is 76.7 Å². The number of carbonyl (C=O) groups excluding carboxylic acids is 2. The summed E-state index contributed by atoms with van der Waals surface area (Å²) >= 11 is 0. The Hall–Kier alpha value is -4.78. The summed E-state index contributed by atoms with van der Waals surface area (Å²) in [4.78, 5) is 39.9. The Morgan fingerprint density at radius 1 is 1.00 bits per heavy atom. The molecule has 0 saturated carbocycles. The Morgan fingerprint density at radius 3 is 2.37 bits per heavy atom. The van der Waals surface area contributed by atoms with Gasteiger partial charge in [-0.2, -0.15) is 9.57 Å². The Kier molecular flexibility index (Phi) is 10.5. The molecule has 3 aliphatic heterocycles. The first kappa shape index (κ1) is 36.0. The van der Waals surface area contributed by atoms with Crippen molar-refractivity contribution >= 4 is 27.6 Å². The number of fused-ring (bicyclic) bond motifs is 1. The number of urea groups is 1. The number of sulfonamides is 1. The standard InChI is InChI=1S/C36H42FN7O6S/c1-4-41-16-13-26(14-17-41)42-18-20-43(21-19-42)35(46)40-36(27-10-9-15-39-33(27)50-6-3)28-22-25(24-38)29(37)23-30(28)44(34(36)45)51(47,48)32-12-8-7-11-31(32)49-5-2/h7-12,15,22-23,26H,4-6,13-14,16-21H2,1-3H3,(H,40,46). The molecule has 270 valence electrons. The zero-order valence-electron chi connectivity index (χ0n) is 29.0. The number of pyridine rings is 1. The third-order valence-corrected chi connectivity index (χ3v) is 11.6. The molecule has 1 N–H and O–H groups in total. The second-order valence-corrected chi connectivity index (χ2v) is 14.3. The number of carbonyl (C=O) groups is 2. The van der Waals surface area contributed by atoms with Crippen LogP contribution in [0.4, 0.5) is 14.9 Å². The average molecular weight is 720 g/mol. The van der Waals surface area contributed by atoms with E-state index >= 15 is 9.18 Å². The molecule has 3 aliphatic rings. The molecule has 1 aromatic heterocycles. The molecule has 0 spiro atoms. The topological polar surface area (TPSA) is 148 Å². The van der Waals surface area contributed by atoms with Crippen molar-refractivity contribution in [2.24, 2.45) is 0 Å². The molecule has 2 saturated heterocycles. The van der Waals surface area contributed by atoms with Crippen LogP contribution in [0, 0.1) is 17.1 Å². The second kappa shape index (κ2) is 14.8. The van der Waals surface area contributed by atoms with E-state index in [1.165, 1.54) is 36.5 Å². The number of piperidine rings is 1. The molecule has 0 aliphatic carbocycles. The highest BCUT2D eigenvalue weighted by Crippen LogP contribution is 2.50. The first-order chi connectivity index (χ1) is 24.6. The zero-order chi connectivity index (χ0) is 36.3. The van der Waals surface area contributed by atoms with Gasteiger partial charge in [-0.3, -0.25) is 9.69 Å². The molecule has 0 radical (unpaired) electrons. The number of piperazine rings is 1. The SMILES string of the molecule is CCOc1ccccc1S(=O)(=O)N1C(=O)C(NC(=O)N2CCN(C3CCN(CC)CC3)CC2)(c2cccnc2OCC)c2cc(C#N)c(F)cc21. The fraction of sp³-hybridized carbons (Fsp3) is 0.444. The Morgan fingerprint density at radius 2 is 1.71 bits per heavy atom. The van der Waals surface area contributed by atoms with Crippen molar-refractivity contribution < 1.29 is 31.9 Å². The van der Waals surface area contributed by atoms with E-state index in [1.54, 1.807) is 30.9 Å². The number of amides is 3. The number of likely N-dealkylation sites (tertiary alicyclic amines) is 1. The van der Waals surface area contributed by atoms with E-state index in [-0.39, 0.29) is 46.6 Å². The first-order valence-corrected chi connectivity index (χ1v) is 18.7. The molecule has 3 amide bonds. The molecule has 51 heavy (non-hydrogen) atoms. The van der Waals surface area contributed by atoms with Crippen LogP contribution in [0.2, 0.25) is 0 Å². The van der Waals surface area contributed by atoms with Crippen LogP contribution in [-0.4, -0.2) is 105 Å². The van der Waals surface area contributed by atoms with Gasteiger partial charge in [0.2, 0.25) is 5.88 Å². The van der Waals surface area contributed by atoms with Crippen molar-refractivity contribution in [2.75, 3.05) is 63.3 Å². The lowest BCUT2D eigenvalue weighted by Gasteiger charge is -2.43. The maximum atomic E-state index is 15.5. The highest BCUT2D eigenvalue weighted by atomic mass is 32.2. The molecule has 15 heteroatoms. The van der Waals surface area contributed by atoms with Crippen LogP contribution in [0.3, 0.4) is 0 Å². The van der Waals surface area contributed by atoms with Gasteiger partial charge in [0.15, 0.2) is 5.54 Å². The number of hydrogen-bond donors (Lipinski definition) is 1. The highest BCUT2D eigenvalue weighted by Gasteiger charge is 2.59. The van der Waals surface area contributed by atoms with Gasteiger partial charge in [0, 0.05) is 50.0 Å². The van der Waals surface area contributed by atoms with Gasteiger partial charge in [0.1, 0.15) is 22.5 Å². The third kappa shape index (κ3) is 6.47. The van der Waals surface area contributed by atoms with Gasteiger partial charge in [0.05, 0.1) is 30.0 Å². The maximum Gasteiger partial charge on any atom is 0.318 e. The van der Waals surface area contributed by atoms with E-state index < -0.39 is 38.9 Å². The number of nitriles is 1. The van der Waals surface area contributed by atoms with Gasteiger partial charge in [-0.25, -0.2) is 22.6 Å². The fourth-order valence-electron chi connectivity index (χ4n) is 7.28. The van der Waals surface area contributed by atoms with E-state index in [0.717, 1.165) is 44.6 Å². The van der Waals surface area contributed by atoms with E-state index in [9.17, 15) is 18.5 Å². The maximum absolute atomic E-state index is 15.5. The van der Waals surface area contributed by atoms with Crippen molar-refractivity contribution in [3.63, 3.8) is 0 Å². The number of aromatic nitrogens is 1. The number of para-hydroxylation sites is 1. The molecule has 1 atom stereocenters. The fourth-order valence-corrected chi connectivity index (χ4v) is 8.87. The third-order valence-electron chi connectivity index (χ3n) is 9.87.